The van der Waals surface area contributed by atoms with Gasteiger partial charge in [-0.25, -0.2) is 9.97 Å². The minimum Gasteiger partial charge on any atom is -0.493 e. The van der Waals surface area contributed by atoms with Crippen LogP contribution in [0.4, 0.5) is 5.82 Å². The number of rotatable bonds is 10. The number of nitrogens with zero attached hydrogens (tertiary/aromatic N) is 3. The number of ether oxygens (including phenoxy) is 2. The highest BCUT2D eigenvalue weighted by Crippen LogP contribution is 2.33. The molecule has 0 bridgehead atoms. The molecule has 9 heteroatoms. The second-order valence-electron chi connectivity index (χ2n) is 5.39. The van der Waals surface area contributed by atoms with Crippen LogP contribution in [-0.4, -0.2) is 42.4 Å². The minimum atomic E-state index is -0.768. The molecule has 0 fully saturated rings. The summed E-state index contributed by atoms with van der Waals surface area (Å²) in [6.45, 7) is 2.65. The summed E-state index contributed by atoms with van der Waals surface area (Å²) < 4.78 is 10.7. The molecular weight excluding hydrogens is 328 g/mol. The van der Waals surface area contributed by atoms with E-state index < -0.39 is 5.09 Å². The van der Waals surface area contributed by atoms with Gasteiger partial charge in [-0.3, -0.25) is 0 Å². The topological polar surface area (TPSA) is 109 Å². The van der Waals surface area contributed by atoms with E-state index in [4.69, 9.17) is 9.47 Å². The summed E-state index contributed by atoms with van der Waals surface area (Å²) in [5.74, 6) is 2.61. The van der Waals surface area contributed by atoms with Crippen LogP contribution in [0.15, 0.2) is 12.1 Å². The summed E-state index contributed by atoms with van der Waals surface area (Å²) in [7, 11) is 3.17. The molecule has 0 aliphatic carbocycles. The molecule has 2 aromatic rings. The first-order valence-electron chi connectivity index (χ1n) is 7.96. The first-order valence-corrected chi connectivity index (χ1v) is 7.96. The van der Waals surface area contributed by atoms with E-state index in [1.54, 1.807) is 14.2 Å². The average Bonchev–Trinajstić information content (AvgIpc) is 2.59. The summed E-state index contributed by atoms with van der Waals surface area (Å²) in [6.07, 6.45) is 2.30. The number of methoxy groups -OCH3 is 2. The van der Waals surface area contributed by atoms with Gasteiger partial charge in [0.25, 0.3) is 5.09 Å². The fourth-order valence-electron chi connectivity index (χ4n) is 2.46. The van der Waals surface area contributed by atoms with Crippen LogP contribution in [-0.2, 0) is 4.84 Å². The monoisotopic (exact) mass is 350 g/mol. The zero-order chi connectivity index (χ0) is 18.2. The Hall–Kier alpha value is -2.84. The molecule has 1 aromatic carbocycles. The van der Waals surface area contributed by atoms with Crippen molar-refractivity contribution in [3.8, 4) is 11.5 Å². The van der Waals surface area contributed by atoms with Crippen LogP contribution < -0.4 is 14.8 Å². The average molecular weight is 350 g/mol. The quantitative estimate of drug-likeness (QED) is 0.396. The molecular formula is C16H22N4O5. The minimum absolute atomic E-state index is 0.125. The fraction of sp³-hybridized carbons (Fsp3) is 0.500. The van der Waals surface area contributed by atoms with E-state index in [1.165, 1.54) is 0 Å². The van der Waals surface area contributed by atoms with Gasteiger partial charge in [0.2, 0.25) is 0 Å². The highest BCUT2D eigenvalue weighted by atomic mass is 16.9. The molecule has 9 nitrogen and oxygen atoms in total. The zero-order valence-electron chi connectivity index (χ0n) is 14.6. The van der Waals surface area contributed by atoms with Crippen LogP contribution in [0.1, 0.15) is 25.1 Å². The van der Waals surface area contributed by atoms with Gasteiger partial charge >= 0.3 is 0 Å². The number of anilines is 1. The van der Waals surface area contributed by atoms with E-state index >= 15 is 0 Å². The molecule has 1 aromatic heterocycles. The number of unbranched alkanes of at least 4 members (excludes halogenated alkanes) is 2. The second-order valence-corrected chi connectivity index (χ2v) is 5.39. The lowest BCUT2D eigenvalue weighted by atomic mass is 10.2. The predicted octanol–water partition coefficient (Wildman–Crippen LogP) is 2.75. The highest BCUT2D eigenvalue weighted by molar-refractivity contribution is 5.91. The summed E-state index contributed by atoms with van der Waals surface area (Å²) >= 11 is 0. The van der Waals surface area contributed by atoms with Gasteiger partial charge in [-0.1, -0.05) is 0 Å². The van der Waals surface area contributed by atoms with E-state index in [1.807, 2.05) is 19.1 Å². The molecule has 2 rings (SSSR count). The number of hydrogen-bond donors (Lipinski definition) is 1. The van der Waals surface area contributed by atoms with Crippen molar-refractivity contribution in [1.82, 2.24) is 9.97 Å². The smallest absolute Gasteiger partial charge is 0.294 e. The maximum atomic E-state index is 10.1. The Morgan fingerprint density at radius 1 is 1.12 bits per heavy atom. The molecule has 1 N–H and O–H groups in total. The molecule has 0 radical (unpaired) electrons. The SMILES string of the molecule is COc1cc2nc(C)nc(NCCCCCO[N+](=O)[O-])c2cc1OC. The molecule has 0 saturated carbocycles. The van der Waals surface area contributed by atoms with Gasteiger partial charge in [0.1, 0.15) is 11.6 Å². The van der Waals surface area contributed by atoms with Gasteiger partial charge in [-0.2, -0.15) is 0 Å². The van der Waals surface area contributed by atoms with Crippen molar-refractivity contribution in [2.75, 3.05) is 32.7 Å². The maximum absolute atomic E-state index is 10.1. The van der Waals surface area contributed by atoms with Gasteiger partial charge in [0.15, 0.2) is 11.5 Å². The van der Waals surface area contributed by atoms with Gasteiger partial charge in [-0.05, 0) is 32.3 Å². The maximum Gasteiger partial charge on any atom is 0.294 e. The van der Waals surface area contributed by atoms with Crippen LogP contribution in [0.2, 0.25) is 0 Å². The van der Waals surface area contributed by atoms with Crippen LogP contribution in [0.25, 0.3) is 10.9 Å². The van der Waals surface area contributed by atoms with E-state index in [0.717, 1.165) is 29.6 Å². The molecule has 25 heavy (non-hydrogen) atoms. The fourth-order valence-corrected chi connectivity index (χ4v) is 2.46. The van der Waals surface area contributed by atoms with E-state index in [9.17, 15) is 10.1 Å². The van der Waals surface area contributed by atoms with Gasteiger partial charge in [-0.15, -0.1) is 10.1 Å². The number of aromatic nitrogens is 2. The van der Waals surface area contributed by atoms with Crippen LogP contribution in [0.3, 0.4) is 0 Å². The molecule has 0 amide bonds. The predicted molar refractivity (Wildman–Crippen MR) is 92.7 cm³/mol. The number of fused-ring (bicyclic) bond motifs is 1. The van der Waals surface area contributed by atoms with Crippen molar-refractivity contribution in [2.45, 2.75) is 26.2 Å². The molecule has 0 saturated heterocycles. The van der Waals surface area contributed by atoms with Gasteiger partial charge in [0.05, 0.1) is 26.3 Å². The largest absolute Gasteiger partial charge is 0.493 e. The first kappa shape index (κ1) is 18.5. The highest BCUT2D eigenvalue weighted by Gasteiger charge is 2.11. The number of aryl methyl sites for hydroxylation is 1. The summed E-state index contributed by atoms with van der Waals surface area (Å²) in [4.78, 5) is 23.2. The molecule has 0 spiro atoms. The van der Waals surface area contributed by atoms with Crippen molar-refractivity contribution in [2.24, 2.45) is 0 Å². The standard InChI is InChI=1S/C16H22N4O5/c1-11-18-13-10-15(24-3)14(23-2)9-12(13)16(19-11)17-7-5-4-6-8-25-20(21)22/h9-10H,4-8H2,1-3H3,(H,17,18,19). The molecule has 1 heterocycles. The summed E-state index contributed by atoms with van der Waals surface area (Å²) in [5.41, 5.74) is 0.770. The van der Waals surface area contributed by atoms with E-state index in [0.29, 0.717) is 30.3 Å². The van der Waals surface area contributed by atoms with Crippen molar-refractivity contribution in [3.63, 3.8) is 0 Å². The van der Waals surface area contributed by atoms with Crippen molar-refractivity contribution >= 4 is 16.7 Å². The number of nitrogens with one attached hydrogen (secondary N) is 1. The Morgan fingerprint density at radius 2 is 1.84 bits per heavy atom. The Kier molecular flexibility index (Phi) is 6.55. The Labute approximate surface area is 145 Å². The van der Waals surface area contributed by atoms with Crippen molar-refractivity contribution < 1.29 is 19.4 Å². The second kappa shape index (κ2) is 8.86. The van der Waals surface area contributed by atoms with Crippen molar-refractivity contribution in [1.29, 1.82) is 0 Å². The van der Waals surface area contributed by atoms with Crippen LogP contribution >= 0.6 is 0 Å². The lowest BCUT2D eigenvalue weighted by Crippen LogP contribution is -2.07. The molecule has 0 aliphatic rings. The lowest BCUT2D eigenvalue weighted by molar-refractivity contribution is -0.757. The normalized spacial score (nSPS) is 10.5. The van der Waals surface area contributed by atoms with E-state index in [-0.39, 0.29) is 6.61 Å². The zero-order valence-corrected chi connectivity index (χ0v) is 14.6. The number of hydrogen-bond acceptors (Lipinski definition) is 8. The Morgan fingerprint density at radius 3 is 2.52 bits per heavy atom. The third kappa shape index (κ3) is 5.07. The molecule has 136 valence electrons. The summed E-state index contributed by atoms with van der Waals surface area (Å²) in [6, 6.07) is 3.67. The molecule has 0 atom stereocenters. The van der Waals surface area contributed by atoms with E-state index in [2.05, 4.69) is 20.1 Å². The third-order valence-corrected chi connectivity index (χ3v) is 3.62. The third-order valence-electron chi connectivity index (χ3n) is 3.62. The van der Waals surface area contributed by atoms with Gasteiger partial charge in [0, 0.05) is 18.0 Å². The summed E-state index contributed by atoms with van der Waals surface area (Å²) in [5, 5.41) is 13.4. The Bertz CT molecular complexity index is 738. The molecule has 0 aliphatic heterocycles. The molecule has 0 unspecified atom stereocenters. The van der Waals surface area contributed by atoms with Crippen molar-refractivity contribution in [3.05, 3.63) is 28.1 Å². The first-order chi connectivity index (χ1) is 12.0. The number of benzene rings is 1. The van der Waals surface area contributed by atoms with Crippen LogP contribution in [0, 0.1) is 17.0 Å². The van der Waals surface area contributed by atoms with Gasteiger partial charge < -0.3 is 19.6 Å². The van der Waals surface area contributed by atoms with Crippen LogP contribution in [0.5, 0.6) is 11.5 Å². The lowest BCUT2D eigenvalue weighted by Gasteiger charge is -2.13. The Balaban J connectivity index is 2.03.